The van der Waals surface area contributed by atoms with Gasteiger partial charge in [0.05, 0.1) is 5.56 Å². The number of rotatable bonds is 4. The van der Waals surface area contributed by atoms with E-state index in [1.54, 1.807) is 0 Å². The molecule has 0 aliphatic carbocycles. The average Bonchev–Trinajstić information content (AvgIpc) is 2.53. The summed E-state index contributed by atoms with van der Waals surface area (Å²) < 4.78 is 38.8. The van der Waals surface area contributed by atoms with Crippen LogP contribution in [0.3, 0.4) is 0 Å². The van der Waals surface area contributed by atoms with Crippen molar-refractivity contribution in [1.29, 1.82) is 0 Å². The summed E-state index contributed by atoms with van der Waals surface area (Å²) in [7, 11) is 0. The maximum absolute atomic E-state index is 12.9. The van der Waals surface area contributed by atoms with Crippen molar-refractivity contribution < 1.29 is 22.8 Å². The van der Waals surface area contributed by atoms with Crippen LogP contribution in [0.5, 0.6) is 0 Å². The minimum Gasteiger partial charge on any atom is -0.367 e. The lowest BCUT2D eigenvalue weighted by atomic mass is 9.87. The van der Waals surface area contributed by atoms with Gasteiger partial charge in [0.2, 0.25) is 11.8 Å². The first-order valence-corrected chi connectivity index (χ1v) is 8.07. The number of benzene rings is 1. The third-order valence-corrected chi connectivity index (χ3v) is 4.63. The second kappa shape index (κ2) is 7.03. The van der Waals surface area contributed by atoms with E-state index in [1.807, 2.05) is 6.92 Å². The van der Waals surface area contributed by atoms with Crippen LogP contribution in [0.2, 0.25) is 0 Å². The van der Waals surface area contributed by atoms with Crippen molar-refractivity contribution in [3.05, 3.63) is 35.4 Å². The van der Waals surface area contributed by atoms with Gasteiger partial charge in [0.15, 0.2) is 0 Å². The number of halogens is 3. The Hall–Kier alpha value is -2.09. The molecule has 25 heavy (non-hydrogen) atoms. The first kappa shape index (κ1) is 19.2. The molecule has 1 aromatic rings. The summed E-state index contributed by atoms with van der Waals surface area (Å²) in [6.07, 6.45) is -3.38. The summed E-state index contributed by atoms with van der Waals surface area (Å²) in [5.74, 6) is -1.62. The van der Waals surface area contributed by atoms with Crippen molar-refractivity contribution in [2.75, 3.05) is 6.54 Å². The van der Waals surface area contributed by atoms with E-state index in [1.165, 1.54) is 19.1 Å². The number of hydrogen-bond acceptors (Lipinski definition) is 3. The van der Waals surface area contributed by atoms with Crippen LogP contribution in [-0.2, 0) is 21.3 Å². The predicted molar refractivity (Wildman–Crippen MR) is 86.3 cm³/mol. The van der Waals surface area contributed by atoms with Crippen molar-refractivity contribution in [3.8, 4) is 0 Å². The largest absolute Gasteiger partial charge is 0.416 e. The summed E-state index contributed by atoms with van der Waals surface area (Å²) >= 11 is 0. The zero-order valence-corrected chi connectivity index (χ0v) is 14.1. The molecule has 3 atom stereocenters. The van der Waals surface area contributed by atoms with E-state index < -0.39 is 23.2 Å². The van der Waals surface area contributed by atoms with Crippen molar-refractivity contribution >= 4 is 11.8 Å². The number of primary amides is 1. The molecule has 0 bridgehead atoms. The monoisotopic (exact) mass is 357 g/mol. The molecule has 0 spiro atoms. The smallest absolute Gasteiger partial charge is 0.367 e. The molecule has 2 rings (SSSR count). The van der Waals surface area contributed by atoms with Gasteiger partial charge >= 0.3 is 6.18 Å². The quantitative estimate of drug-likeness (QED) is 0.770. The van der Waals surface area contributed by atoms with Gasteiger partial charge < -0.3 is 16.4 Å². The van der Waals surface area contributed by atoms with Crippen LogP contribution in [0.1, 0.15) is 37.8 Å². The molecule has 138 valence electrons. The van der Waals surface area contributed by atoms with E-state index in [2.05, 4.69) is 10.6 Å². The molecule has 0 saturated carbocycles. The first-order valence-electron chi connectivity index (χ1n) is 8.07. The molecule has 2 amide bonds. The maximum atomic E-state index is 12.9. The number of carbonyl (C=O) groups is 2. The molecular formula is C17H22F3N3O2. The Labute approximate surface area is 144 Å². The Balaban J connectivity index is 2.29. The molecule has 1 aliphatic heterocycles. The molecule has 1 aromatic carbocycles. The van der Waals surface area contributed by atoms with Gasteiger partial charge in [-0.2, -0.15) is 13.2 Å². The van der Waals surface area contributed by atoms with Crippen LogP contribution < -0.4 is 16.4 Å². The van der Waals surface area contributed by atoms with Crippen molar-refractivity contribution in [2.45, 2.75) is 44.4 Å². The molecule has 4 N–H and O–H groups in total. The Kier molecular flexibility index (Phi) is 5.41. The van der Waals surface area contributed by atoms with E-state index in [-0.39, 0.29) is 23.4 Å². The van der Waals surface area contributed by atoms with Gasteiger partial charge in [-0.15, -0.1) is 0 Å². The minimum absolute atomic E-state index is 0.00478. The molecule has 1 saturated heterocycles. The summed E-state index contributed by atoms with van der Waals surface area (Å²) in [6, 6.07) is 4.44. The lowest BCUT2D eigenvalue weighted by molar-refractivity contribution is -0.138. The Morgan fingerprint density at radius 2 is 1.92 bits per heavy atom. The van der Waals surface area contributed by atoms with E-state index in [0.717, 1.165) is 12.1 Å². The minimum atomic E-state index is -4.55. The van der Waals surface area contributed by atoms with Gasteiger partial charge in [-0.25, -0.2) is 0 Å². The highest BCUT2D eigenvalue weighted by molar-refractivity contribution is 5.92. The molecule has 1 heterocycles. The fourth-order valence-corrected chi connectivity index (χ4v) is 3.00. The molecular weight excluding hydrogens is 335 g/mol. The molecule has 0 radical (unpaired) electrons. The summed E-state index contributed by atoms with van der Waals surface area (Å²) in [5, 5.41) is 5.78. The van der Waals surface area contributed by atoms with E-state index in [4.69, 9.17) is 5.73 Å². The molecule has 5 nitrogen and oxygen atoms in total. The van der Waals surface area contributed by atoms with Gasteiger partial charge in [0.25, 0.3) is 0 Å². The van der Waals surface area contributed by atoms with Crippen LogP contribution in [0.15, 0.2) is 24.3 Å². The van der Waals surface area contributed by atoms with Crippen LogP contribution in [0.4, 0.5) is 13.2 Å². The van der Waals surface area contributed by atoms with Crippen LogP contribution in [0.25, 0.3) is 0 Å². The zero-order chi connectivity index (χ0) is 18.8. The van der Waals surface area contributed by atoms with Gasteiger partial charge in [-0.1, -0.05) is 12.1 Å². The Morgan fingerprint density at radius 3 is 2.48 bits per heavy atom. The second-order valence-electron chi connectivity index (χ2n) is 6.63. The third-order valence-electron chi connectivity index (χ3n) is 4.63. The number of carbonyl (C=O) groups excluding carboxylic acids is 2. The zero-order valence-electron chi connectivity index (χ0n) is 14.1. The predicted octanol–water partition coefficient (Wildman–Crippen LogP) is 1.91. The molecule has 0 aromatic heterocycles. The summed E-state index contributed by atoms with van der Waals surface area (Å²) in [5.41, 5.74) is 2.81. The standard InChI is InChI=1S/C17H22F3N3O2/c1-10-8-11(6-7-22-10)14(24)23-16(2,15(21)25)12-4-3-5-13(9-12)17(18,19)20/h3-5,9-11,22H,6-8H2,1-2H3,(H2,21,25)(H,23,24)/t10-,11-,16?/m0/s1. The normalized spacial score (nSPS) is 23.6. The average molecular weight is 357 g/mol. The second-order valence-corrected chi connectivity index (χ2v) is 6.63. The Bertz CT molecular complexity index is 663. The number of alkyl halides is 3. The number of amides is 2. The Morgan fingerprint density at radius 1 is 1.28 bits per heavy atom. The topological polar surface area (TPSA) is 84.2 Å². The van der Waals surface area contributed by atoms with Crippen molar-refractivity contribution in [3.63, 3.8) is 0 Å². The van der Waals surface area contributed by atoms with Gasteiger partial charge in [-0.3, -0.25) is 9.59 Å². The van der Waals surface area contributed by atoms with Crippen LogP contribution >= 0.6 is 0 Å². The van der Waals surface area contributed by atoms with Crippen LogP contribution in [-0.4, -0.2) is 24.4 Å². The fraction of sp³-hybridized carbons (Fsp3) is 0.529. The maximum Gasteiger partial charge on any atom is 0.416 e. The molecule has 1 unspecified atom stereocenters. The fourth-order valence-electron chi connectivity index (χ4n) is 3.00. The van der Waals surface area contributed by atoms with Crippen molar-refractivity contribution in [1.82, 2.24) is 10.6 Å². The summed E-state index contributed by atoms with van der Waals surface area (Å²) in [4.78, 5) is 24.5. The highest BCUT2D eigenvalue weighted by atomic mass is 19.4. The highest BCUT2D eigenvalue weighted by Crippen LogP contribution is 2.32. The molecule has 1 aliphatic rings. The highest BCUT2D eigenvalue weighted by Gasteiger charge is 2.39. The third kappa shape index (κ3) is 4.31. The number of hydrogen-bond donors (Lipinski definition) is 3. The van der Waals surface area contributed by atoms with Crippen molar-refractivity contribution in [2.24, 2.45) is 11.7 Å². The number of nitrogens with one attached hydrogen (secondary N) is 2. The van der Waals surface area contributed by atoms with Gasteiger partial charge in [-0.05, 0) is 50.9 Å². The number of nitrogens with two attached hydrogens (primary N) is 1. The SMILES string of the molecule is C[C@H]1C[C@@H](C(=O)NC(C)(C(N)=O)c2cccc(C(F)(F)F)c2)CCN1. The van der Waals surface area contributed by atoms with Gasteiger partial charge in [0.1, 0.15) is 5.54 Å². The van der Waals surface area contributed by atoms with Crippen LogP contribution in [0, 0.1) is 5.92 Å². The molecule has 1 fully saturated rings. The van der Waals surface area contributed by atoms with E-state index in [0.29, 0.717) is 19.4 Å². The number of piperidine rings is 1. The van der Waals surface area contributed by atoms with Gasteiger partial charge in [0, 0.05) is 12.0 Å². The first-order chi connectivity index (χ1) is 11.5. The lowest BCUT2D eigenvalue weighted by Gasteiger charge is -2.33. The summed E-state index contributed by atoms with van der Waals surface area (Å²) in [6.45, 7) is 3.93. The van der Waals surface area contributed by atoms with E-state index >= 15 is 0 Å². The lowest BCUT2D eigenvalue weighted by Crippen LogP contribution is -2.55. The molecule has 8 heteroatoms. The van der Waals surface area contributed by atoms with E-state index in [9.17, 15) is 22.8 Å².